The van der Waals surface area contributed by atoms with Crippen molar-refractivity contribution in [2.24, 2.45) is 11.5 Å². The van der Waals surface area contributed by atoms with E-state index in [-0.39, 0.29) is 6.04 Å². The summed E-state index contributed by atoms with van der Waals surface area (Å²) < 4.78 is 0. The van der Waals surface area contributed by atoms with Gasteiger partial charge in [0.05, 0.1) is 0 Å². The summed E-state index contributed by atoms with van der Waals surface area (Å²) in [5, 5.41) is 0. The molecule has 0 saturated carbocycles. The first-order chi connectivity index (χ1) is 6.25. The van der Waals surface area contributed by atoms with Crippen molar-refractivity contribution in [3.8, 4) is 0 Å². The van der Waals surface area contributed by atoms with Gasteiger partial charge in [-0.05, 0) is 25.5 Å². The molecular weight excluding hydrogens is 164 g/mol. The van der Waals surface area contributed by atoms with Crippen molar-refractivity contribution in [1.29, 1.82) is 0 Å². The molecule has 1 aromatic heterocycles. The fourth-order valence-corrected chi connectivity index (χ4v) is 1.24. The van der Waals surface area contributed by atoms with Gasteiger partial charge in [-0.15, -0.1) is 0 Å². The van der Waals surface area contributed by atoms with E-state index in [2.05, 4.69) is 4.98 Å². The fraction of sp³-hybridized carbons (Fsp3) is 0.444. The molecule has 0 aliphatic carbocycles. The summed E-state index contributed by atoms with van der Waals surface area (Å²) in [6.45, 7) is 0.661. The zero-order chi connectivity index (χ0) is 9.68. The van der Waals surface area contributed by atoms with Crippen molar-refractivity contribution in [2.45, 2.75) is 18.9 Å². The molecule has 0 unspecified atom stereocenters. The second-order valence-electron chi connectivity index (χ2n) is 3.02. The van der Waals surface area contributed by atoms with Crippen molar-refractivity contribution in [3.05, 3.63) is 23.9 Å². The molecule has 4 nitrogen and oxygen atoms in total. The fourth-order valence-electron chi connectivity index (χ4n) is 1.24. The van der Waals surface area contributed by atoms with E-state index in [1.807, 2.05) is 12.1 Å². The smallest absolute Gasteiger partial charge is 0.128 e. The Morgan fingerprint density at radius 3 is 2.85 bits per heavy atom. The molecule has 0 radical (unpaired) electrons. The molecule has 6 N–H and O–H groups in total. The number of hydrogen-bond acceptors (Lipinski definition) is 4. The Morgan fingerprint density at radius 2 is 2.23 bits per heavy atom. The molecule has 4 heteroatoms. The maximum atomic E-state index is 5.91. The lowest BCUT2D eigenvalue weighted by Gasteiger charge is -2.12. The number of rotatable bonds is 4. The molecule has 13 heavy (non-hydrogen) atoms. The minimum absolute atomic E-state index is 0.0442. The third-order valence-corrected chi connectivity index (χ3v) is 1.99. The normalized spacial score (nSPS) is 12.8. The Balaban J connectivity index is 2.65. The number of nitrogen functional groups attached to an aromatic ring is 1. The van der Waals surface area contributed by atoms with Gasteiger partial charge < -0.3 is 17.2 Å². The molecule has 0 bridgehead atoms. The molecule has 1 aromatic rings. The second-order valence-corrected chi connectivity index (χ2v) is 3.02. The van der Waals surface area contributed by atoms with Crippen LogP contribution in [0.2, 0.25) is 0 Å². The van der Waals surface area contributed by atoms with Crippen LogP contribution in [0.4, 0.5) is 5.82 Å². The summed E-state index contributed by atoms with van der Waals surface area (Å²) in [5.74, 6) is 0.520. The third-order valence-electron chi connectivity index (χ3n) is 1.99. The van der Waals surface area contributed by atoms with Crippen LogP contribution in [0.3, 0.4) is 0 Å². The minimum Gasteiger partial charge on any atom is -0.383 e. The number of nitrogens with zero attached hydrogens (tertiary/aromatic N) is 1. The van der Waals surface area contributed by atoms with Crippen LogP contribution in [0.25, 0.3) is 0 Å². The zero-order valence-corrected chi connectivity index (χ0v) is 7.61. The van der Waals surface area contributed by atoms with Crippen molar-refractivity contribution < 1.29 is 0 Å². The molecule has 0 aliphatic heterocycles. The first-order valence-corrected chi connectivity index (χ1v) is 4.41. The highest BCUT2D eigenvalue weighted by atomic mass is 14.8. The molecule has 1 heterocycles. The topological polar surface area (TPSA) is 91.0 Å². The molecule has 0 aromatic carbocycles. The van der Waals surface area contributed by atoms with E-state index >= 15 is 0 Å². The summed E-state index contributed by atoms with van der Waals surface area (Å²) in [6, 6.07) is 3.70. The van der Waals surface area contributed by atoms with Gasteiger partial charge in [0.2, 0.25) is 0 Å². The van der Waals surface area contributed by atoms with Crippen LogP contribution in [0.1, 0.15) is 24.4 Å². The monoisotopic (exact) mass is 180 g/mol. The summed E-state index contributed by atoms with van der Waals surface area (Å²) in [4.78, 5) is 3.97. The number of pyridine rings is 1. The standard InChI is InChI=1S/C9H16N4/c10-5-1-4-8(11)7-3-2-6-13-9(7)12/h2-3,6,8H,1,4-5,10-11H2,(H2,12,13)/t8-/m1/s1. The van der Waals surface area contributed by atoms with Crippen LogP contribution in [-0.2, 0) is 0 Å². The van der Waals surface area contributed by atoms with Crippen LogP contribution in [0.15, 0.2) is 18.3 Å². The number of aromatic nitrogens is 1. The molecule has 0 amide bonds. The average molecular weight is 180 g/mol. The van der Waals surface area contributed by atoms with Crippen LogP contribution >= 0.6 is 0 Å². The summed E-state index contributed by atoms with van der Waals surface area (Å²) >= 11 is 0. The van der Waals surface area contributed by atoms with Gasteiger partial charge in [-0.2, -0.15) is 0 Å². The lowest BCUT2D eigenvalue weighted by atomic mass is 10.0. The molecular formula is C9H16N4. The van der Waals surface area contributed by atoms with Gasteiger partial charge in [-0.3, -0.25) is 0 Å². The Labute approximate surface area is 78.1 Å². The quantitative estimate of drug-likeness (QED) is 0.625. The van der Waals surface area contributed by atoms with E-state index in [1.165, 1.54) is 0 Å². The van der Waals surface area contributed by atoms with Crippen molar-refractivity contribution in [1.82, 2.24) is 4.98 Å². The first kappa shape index (κ1) is 9.95. The summed E-state index contributed by atoms with van der Waals surface area (Å²) in [6.07, 6.45) is 3.43. The largest absolute Gasteiger partial charge is 0.383 e. The van der Waals surface area contributed by atoms with Crippen LogP contribution < -0.4 is 17.2 Å². The third kappa shape index (κ3) is 2.68. The molecule has 0 spiro atoms. The minimum atomic E-state index is -0.0442. The van der Waals surface area contributed by atoms with Crippen molar-refractivity contribution >= 4 is 5.82 Å². The van der Waals surface area contributed by atoms with Gasteiger partial charge in [0.25, 0.3) is 0 Å². The van der Waals surface area contributed by atoms with E-state index < -0.39 is 0 Å². The highest BCUT2D eigenvalue weighted by molar-refractivity contribution is 5.40. The highest BCUT2D eigenvalue weighted by Crippen LogP contribution is 2.19. The van der Waals surface area contributed by atoms with E-state index in [4.69, 9.17) is 17.2 Å². The van der Waals surface area contributed by atoms with Gasteiger partial charge in [0, 0.05) is 17.8 Å². The molecule has 0 fully saturated rings. The lowest BCUT2D eigenvalue weighted by molar-refractivity contribution is 0.618. The van der Waals surface area contributed by atoms with Crippen LogP contribution in [-0.4, -0.2) is 11.5 Å². The molecule has 0 aliphatic rings. The van der Waals surface area contributed by atoms with Crippen molar-refractivity contribution in [2.75, 3.05) is 12.3 Å². The Bertz CT molecular complexity index is 262. The maximum Gasteiger partial charge on any atom is 0.128 e. The Kier molecular flexibility index (Phi) is 3.67. The summed E-state index contributed by atoms with van der Waals surface area (Å²) in [7, 11) is 0. The Morgan fingerprint density at radius 1 is 1.46 bits per heavy atom. The van der Waals surface area contributed by atoms with Gasteiger partial charge in [0.1, 0.15) is 5.82 Å². The molecule has 72 valence electrons. The first-order valence-electron chi connectivity index (χ1n) is 4.41. The number of anilines is 1. The highest BCUT2D eigenvalue weighted by Gasteiger charge is 2.08. The predicted molar refractivity (Wildman–Crippen MR) is 53.9 cm³/mol. The Hall–Kier alpha value is -1.13. The van der Waals surface area contributed by atoms with Crippen molar-refractivity contribution in [3.63, 3.8) is 0 Å². The van der Waals surface area contributed by atoms with E-state index in [1.54, 1.807) is 6.20 Å². The van der Waals surface area contributed by atoms with Gasteiger partial charge >= 0.3 is 0 Å². The van der Waals surface area contributed by atoms with E-state index in [0.717, 1.165) is 18.4 Å². The number of hydrogen-bond donors (Lipinski definition) is 3. The second kappa shape index (κ2) is 4.79. The molecule has 1 rings (SSSR count). The molecule has 1 atom stereocenters. The van der Waals surface area contributed by atoms with Crippen LogP contribution in [0.5, 0.6) is 0 Å². The van der Waals surface area contributed by atoms with Gasteiger partial charge in [-0.1, -0.05) is 6.07 Å². The van der Waals surface area contributed by atoms with E-state index in [9.17, 15) is 0 Å². The zero-order valence-electron chi connectivity index (χ0n) is 7.61. The van der Waals surface area contributed by atoms with Crippen LogP contribution in [0, 0.1) is 0 Å². The maximum absolute atomic E-state index is 5.91. The van der Waals surface area contributed by atoms with Gasteiger partial charge in [0.15, 0.2) is 0 Å². The number of nitrogens with two attached hydrogens (primary N) is 3. The van der Waals surface area contributed by atoms with Gasteiger partial charge in [-0.25, -0.2) is 4.98 Å². The SMILES string of the molecule is NCCC[C@@H](N)c1cccnc1N. The van der Waals surface area contributed by atoms with E-state index in [0.29, 0.717) is 12.4 Å². The predicted octanol–water partition coefficient (Wildman–Crippen LogP) is 0.403. The lowest BCUT2D eigenvalue weighted by Crippen LogP contribution is -2.14. The molecule has 0 saturated heterocycles. The summed E-state index contributed by atoms with van der Waals surface area (Å²) in [5.41, 5.74) is 17.9. The average Bonchev–Trinajstić information content (AvgIpc) is 2.15.